The van der Waals surface area contributed by atoms with Gasteiger partial charge >= 0.3 is 11.7 Å². The van der Waals surface area contributed by atoms with E-state index in [9.17, 15) is 9.59 Å². The summed E-state index contributed by atoms with van der Waals surface area (Å²) < 4.78 is 6.81. The first-order chi connectivity index (χ1) is 10.1. The third-order valence-corrected chi connectivity index (χ3v) is 4.30. The van der Waals surface area contributed by atoms with E-state index in [4.69, 9.17) is 9.52 Å². The normalized spacial score (nSPS) is 17.8. The van der Waals surface area contributed by atoms with Crippen molar-refractivity contribution in [3.63, 3.8) is 0 Å². The number of carboxylic acid groups (broad SMARTS) is 1. The van der Waals surface area contributed by atoms with Crippen LogP contribution in [0, 0.1) is 11.8 Å². The van der Waals surface area contributed by atoms with Gasteiger partial charge in [-0.2, -0.15) is 0 Å². The molecule has 2 aromatic rings. The quantitative estimate of drug-likeness (QED) is 0.897. The maximum atomic E-state index is 11.8. The molecule has 1 fully saturated rings. The zero-order chi connectivity index (χ0) is 15.0. The largest absolute Gasteiger partial charge is 0.481 e. The van der Waals surface area contributed by atoms with E-state index in [-0.39, 0.29) is 17.6 Å². The average Bonchev–Trinajstić information content (AvgIpc) is 2.72. The molecule has 6 heteroatoms. The van der Waals surface area contributed by atoms with Crippen LogP contribution in [0.25, 0.3) is 11.1 Å². The van der Waals surface area contributed by atoms with Crippen molar-refractivity contribution in [2.24, 2.45) is 11.8 Å². The van der Waals surface area contributed by atoms with E-state index in [1.54, 1.807) is 17.6 Å². The fraction of sp³-hybridized carbons (Fsp3) is 0.467. The number of likely N-dealkylation sites (tertiary alicyclic amines) is 1. The Morgan fingerprint density at radius 3 is 2.81 bits per heavy atom. The van der Waals surface area contributed by atoms with Gasteiger partial charge in [0, 0.05) is 26.2 Å². The Morgan fingerprint density at radius 1 is 1.38 bits per heavy atom. The molecule has 6 nitrogen and oxygen atoms in total. The predicted octanol–water partition coefficient (Wildman–Crippen LogP) is 1.25. The summed E-state index contributed by atoms with van der Waals surface area (Å²) in [5, 5.41) is 8.96. The topological polar surface area (TPSA) is 75.7 Å². The highest BCUT2D eigenvalue weighted by molar-refractivity contribution is 5.72. The van der Waals surface area contributed by atoms with E-state index in [2.05, 4.69) is 4.90 Å². The number of rotatable bonds is 5. The van der Waals surface area contributed by atoms with E-state index in [1.165, 1.54) is 0 Å². The Hall–Kier alpha value is -2.08. The second-order valence-corrected chi connectivity index (χ2v) is 5.63. The SMILES string of the molecule is CC(C(=O)O)C1CN(CCn2c(=O)oc3ccccc32)C1. The highest BCUT2D eigenvalue weighted by Crippen LogP contribution is 2.23. The van der Waals surface area contributed by atoms with Crippen molar-refractivity contribution in [1.29, 1.82) is 0 Å². The number of hydrogen-bond acceptors (Lipinski definition) is 4. The van der Waals surface area contributed by atoms with Crippen LogP contribution in [0.15, 0.2) is 33.5 Å². The number of nitrogens with zero attached hydrogens (tertiary/aromatic N) is 2. The van der Waals surface area contributed by atoms with E-state index in [0.717, 1.165) is 25.2 Å². The van der Waals surface area contributed by atoms with Crippen molar-refractivity contribution < 1.29 is 14.3 Å². The molecule has 1 saturated heterocycles. The lowest BCUT2D eigenvalue weighted by atomic mass is 9.87. The molecule has 1 aromatic carbocycles. The molecular weight excluding hydrogens is 272 g/mol. The summed E-state index contributed by atoms with van der Waals surface area (Å²) in [5.41, 5.74) is 1.40. The number of carbonyl (C=O) groups is 1. The van der Waals surface area contributed by atoms with Gasteiger partial charge in [-0.15, -0.1) is 0 Å². The molecule has 3 rings (SSSR count). The molecule has 2 heterocycles. The molecule has 112 valence electrons. The molecule has 1 N–H and O–H groups in total. The van der Waals surface area contributed by atoms with Crippen LogP contribution in [0.2, 0.25) is 0 Å². The summed E-state index contributed by atoms with van der Waals surface area (Å²) in [4.78, 5) is 24.9. The third-order valence-electron chi connectivity index (χ3n) is 4.30. The fourth-order valence-corrected chi connectivity index (χ4v) is 2.78. The number of aliphatic carboxylic acids is 1. The van der Waals surface area contributed by atoms with Crippen molar-refractivity contribution >= 4 is 17.1 Å². The summed E-state index contributed by atoms with van der Waals surface area (Å²) in [6, 6.07) is 7.36. The monoisotopic (exact) mass is 290 g/mol. The van der Waals surface area contributed by atoms with Gasteiger partial charge in [-0.1, -0.05) is 19.1 Å². The van der Waals surface area contributed by atoms with Crippen LogP contribution >= 0.6 is 0 Å². The van der Waals surface area contributed by atoms with Crippen molar-refractivity contribution in [2.75, 3.05) is 19.6 Å². The van der Waals surface area contributed by atoms with E-state index >= 15 is 0 Å². The standard InChI is InChI=1S/C15H18N2O4/c1-10(14(18)19)11-8-16(9-11)6-7-17-12-4-2-3-5-13(12)21-15(17)20/h2-5,10-11H,6-9H2,1H3,(H,18,19). The highest BCUT2D eigenvalue weighted by Gasteiger charge is 2.34. The van der Waals surface area contributed by atoms with Crippen LogP contribution in [0.1, 0.15) is 6.92 Å². The molecule has 1 atom stereocenters. The van der Waals surface area contributed by atoms with Crippen LogP contribution in [0.4, 0.5) is 0 Å². The second-order valence-electron chi connectivity index (χ2n) is 5.63. The second kappa shape index (κ2) is 5.37. The minimum atomic E-state index is -0.739. The Bertz CT molecular complexity index is 712. The molecule has 0 aliphatic carbocycles. The number of fused-ring (bicyclic) bond motifs is 1. The van der Waals surface area contributed by atoms with Crippen molar-refractivity contribution in [3.8, 4) is 0 Å². The van der Waals surface area contributed by atoms with Crippen LogP contribution < -0.4 is 5.76 Å². The van der Waals surface area contributed by atoms with Gasteiger partial charge in [-0.05, 0) is 18.1 Å². The summed E-state index contributed by atoms with van der Waals surface area (Å²) in [6.07, 6.45) is 0. The van der Waals surface area contributed by atoms with Crippen molar-refractivity contribution in [2.45, 2.75) is 13.5 Å². The number of hydrogen-bond donors (Lipinski definition) is 1. The lowest BCUT2D eigenvalue weighted by Crippen LogP contribution is -2.51. The molecule has 21 heavy (non-hydrogen) atoms. The van der Waals surface area contributed by atoms with Crippen molar-refractivity contribution in [1.82, 2.24) is 9.47 Å². The highest BCUT2D eigenvalue weighted by atomic mass is 16.4. The first-order valence-corrected chi connectivity index (χ1v) is 7.10. The fourth-order valence-electron chi connectivity index (χ4n) is 2.78. The van der Waals surface area contributed by atoms with Crippen LogP contribution in [-0.4, -0.2) is 40.2 Å². The first kappa shape index (κ1) is 13.9. The summed E-state index contributed by atoms with van der Waals surface area (Å²) in [6.45, 7) is 4.59. The smallest absolute Gasteiger partial charge is 0.419 e. The number of para-hydroxylation sites is 2. The van der Waals surface area contributed by atoms with E-state index in [0.29, 0.717) is 12.1 Å². The first-order valence-electron chi connectivity index (χ1n) is 7.10. The van der Waals surface area contributed by atoms with Gasteiger partial charge in [0.25, 0.3) is 0 Å². The maximum absolute atomic E-state index is 11.8. The molecule has 1 aromatic heterocycles. The van der Waals surface area contributed by atoms with Crippen LogP contribution in [-0.2, 0) is 11.3 Å². The van der Waals surface area contributed by atoms with Crippen molar-refractivity contribution in [3.05, 3.63) is 34.8 Å². The van der Waals surface area contributed by atoms with Gasteiger partial charge < -0.3 is 14.4 Å². The molecule has 1 unspecified atom stereocenters. The summed E-state index contributed by atoms with van der Waals surface area (Å²) in [5.74, 6) is -1.18. The Kier molecular flexibility index (Phi) is 3.55. The van der Waals surface area contributed by atoms with Crippen LogP contribution in [0.5, 0.6) is 0 Å². The number of oxazole rings is 1. The van der Waals surface area contributed by atoms with Gasteiger partial charge in [0.05, 0.1) is 11.4 Å². The minimum absolute atomic E-state index is 0.209. The van der Waals surface area contributed by atoms with Crippen LogP contribution in [0.3, 0.4) is 0 Å². The molecule has 0 spiro atoms. The van der Waals surface area contributed by atoms with Gasteiger partial charge in [-0.3, -0.25) is 9.36 Å². The van der Waals surface area contributed by atoms with Gasteiger partial charge in [0.15, 0.2) is 5.58 Å². The zero-order valence-corrected chi connectivity index (χ0v) is 11.9. The predicted molar refractivity (Wildman–Crippen MR) is 77.2 cm³/mol. The number of aromatic nitrogens is 1. The Morgan fingerprint density at radius 2 is 2.10 bits per heavy atom. The number of carboxylic acids is 1. The molecule has 0 saturated carbocycles. The summed E-state index contributed by atoms with van der Waals surface area (Å²) >= 11 is 0. The molecule has 1 aliphatic heterocycles. The van der Waals surface area contributed by atoms with Gasteiger partial charge in [0.2, 0.25) is 0 Å². The zero-order valence-electron chi connectivity index (χ0n) is 11.9. The average molecular weight is 290 g/mol. The Labute approximate surface area is 121 Å². The van der Waals surface area contributed by atoms with E-state index < -0.39 is 5.97 Å². The van der Waals surface area contributed by atoms with E-state index in [1.807, 2.05) is 18.2 Å². The lowest BCUT2D eigenvalue weighted by Gasteiger charge is -2.41. The Balaban J connectivity index is 1.60. The lowest BCUT2D eigenvalue weighted by molar-refractivity contribution is -0.145. The molecule has 0 amide bonds. The van der Waals surface area contributed by atoms with Gasteiger partial charge in [-0.25, -0.2) is 4.79 Å². The molecule has 0 bridgehead atoms. The number of benzene rings is 1. The van der Waals surface area contributed by atoms with Gasteiger partial charge in [0.1, 0.15) is 0 Å². The third kappa shape index (κ3) is 2.58. The molecular formula is C15H18N2O4. The minimum Gasteiger partial charge on any atom is -0.481 e. The molecule has 0 radical (unpaired) electrons. The summed E-state index contributed by atoms with van der Waals surface area (Å²) in [7, 11) is 0. The maximum Gasteiger partial charge on any atom is 0.419 e. The molecule has 1 aliphatic rings.